The van der Waals surface area contributed by atoms with E-state index in [1.54, 1.807) is 5.38 Å². The van der Waals surface area contributed by atoms with Crippen molar-refractivity contribution in [2.24, 2.45) is 0 Å². The fourth-order valence-corrected chi connectivity index (χ4v) is 2.13. The first-order valence-corrected chi connectivity index (χ1v) is 5.29. The Morgan fingerprint density at radius 1 is 1.71 bits per heavy atom. The monoisotopic (exact) mass is 216 g/mol. The molecule has 0 aliphatic carbocycles. The van der Waals surface area contributed by atoms with E-state index in [9.17, 15) is 0 Å². The molecule has 6 heteroatoms. The maximum absolute atomic E-state index is 9.10. The van der Waals surface area contributed by atoms with Gasteiger partial charge in [-0.15, -0.1) is 11.3 Å². The summed E-state index contributed by atoms with van der Waals surface area (Å²) in [7, 11) is 0. The van der Waals surface area contributed by atoms with E-state index in [1.807, 2.05) is 4.90 Å². The molecule has 5 nitrogen and oxygen atoms in total. The Hall–Kier alpha value is -0.850. The molecule has 2 heterocycles. The van der Waals surface area contributed by atoms with Gasteiger partial charge in [0, 0.05) is 13.1 Å². The Kier molecular flexibility index (Phi) is 2.85. The van der Waals surface area contributed by atoms with Crippen LogP contribution in [0.2, 0.25) is 0 Å². The zero-order chi connectivity index (χ0) is 9.97. The maximum atomic E-state index is 9.10. The van der Waals surface area contributed by atoms with Gasteiger partial charge in [-0.1, -0.05) is 0 Å². The smallest absolute Gasteiger partial charge is 0.223 e. The third-order valence-electron chi connectivity index (χ3n) is 2.09. The summed E-state index contributed by atoms with van der Waals surface area (Å²) in [6.45, 7) is 1.99. The van der Waals surface area contributed by atoms with Crippen molar-refractivity contribution in [3.05, 3.63) is 5.38 Å². The van der Waals surface area contributed by atoms with E-state index in [2.05, 4.69) is 4.98 Å². The SMILES string of the molecule is OCC1CN(c2nc(O)cs2)CCO1. The molecule has 1 atom stereocenters. The molecule has 1 aromatic rings. The number of anilines is 1. The van der Waals surface area contributed by atoms with Crippen LogP contribution < -0.4 is 4.90 Å². The molecule has 14 heavy (non-hydrogen) atoms. The number of aromatic hydroxyl groups is 1. The van der Waals surface area contributed by atoms with Crippen molar-refractivity contribution < 1.29 is 14.9 Å². The van der Waals surface area contributed by atoms with Gasteiger partial charge in [0.05, 0.1) is 24.7 Å². The lowest BCUT2D eigenvalue weighted by molar-refractivity contribution is 0.00354. The first-order chi connectivity index (χ1) is 6.79. The van der Waals surface area contributed by atoms with Crippen molar-refractivity contribution in [1.82, 2.24) is 4.98 Å². The van der Waals surface area contributed by atoms with Gasteiger partial charge < -0.3 is 19.8 Å². The Morgan fingerprint density at radius 2 is 2.57 bits per heavy atom. The Balaban J connectivity index is 2.04. The minimum atomic E-state index is -0.144. The molecular formula is C8H12N2O3S. The van der Waals surface area contributed by atoms with Gasteiger partial charge in [0.15, 0.2) is 5.13 Å². The van der Waals surface area contributed by atoms with Gasteiger partial charge in [-0.3, -0.25) is 0 Å². The van der Waals surface area contributed by atoms with Crippen LogP contribution in [0.1, 0.15) is 0 Å². The Bertz CT molecular complexity index is 305. The number of ether oxygens (including phenoxy) is 1. The van der Waals surface area contributed by atoms with Gasteiger partial charge in [0.2, 0.25) is 5.88 Å². The Morgan fingerprint density at radius 3 is 3.21 bits per heavy atom. The lowest BCUT2D eigenvalue weighted by atomic mass is 10.3. The van der Waals surface area contributed by atoms with Crippen LogP contribution in [0.4, 0.5) is 5.13 Å². The average Bonchev–Trinajstić information content (AvgIpc) is 2.65. The summed E-state index contributed by atoms with van der Waals surface area (Å²) in [6, 6.07) is 0. The molecule has 0 saturated carbocycles. The summed E-state index contributed by atoms with van der Waals surface area (Å²) < 4.78 is 5.31. The molecule has 0 radical (unpaired) electrons. The number of thiazole rings is 1. The van der Waals surface area contributed by atoms with Crippen molar-refractivity contribution in [2.45, 2.75) is 6.10 Å². The number of hydrogen-bond donors (Lipinski definition) is 2. The molecule has 0 aromatic carbocycles. The predicted molar refractivity (Wildman–Crippen MR) is 52.8 cm³/mol. The van der Waals surface area contributed by atoms with E-state index in [1.165, 1.54) is 11.3 Å². The molecular weight excluding hydrogens is 204 g/mol. The molecule has 1 saturated heterocycles. The third-order valence-corrected chi connectivity index (χ3v) is 2.98. The second kappa shape index (κ2) is 4.12. The lowest BCUT2D eigenvalue weighted by Crippen LogP contribution is -2.44. The van der Waals surface area contributed by atoms with E-state index >= 15 is 0 Å². The van der Waals surface area contributed by atoms with Crippen LogP contribution in [-0.2, 0) is 4.74 Å². The number of hydrogen-bond acceptors (Lipinski definition) is 6. The van der Waals surface area contributed by atoms with Crippen LogP contribution in [-0.4, -0.2) is 47.6 Å². The van der Waals surface area contributed by atoms with Crippen LogP contribution in [0.25, 0.3) is 0 Å². The summed E-state index contributed by atoms with van der Waals surface area (Å²) in [4.78, 5) is 5.97. The van der Waals surface area contributed by atoms with Crippen LogP contribution >= 0.6 is 11.3 Å². The van der Waals surface area contributed by atoms with Gasteiger partial charge in [0.1, 0.15) is 0 Å². The van der Waals surface area contributed by atoms with Crippen LogP contribution in [0.15, 0.2) is 5.38 Å². The second-order valence-corrected chi connectivity index (χ2v) is 3.95. The quantitative estimate of drug-likeness (QED) is 0.731. The van der Waals surface area contributed by atoms with Gasteiger partial charge in [0.25, 0.3) is 0 Å². The summed E-state index contributed by atoms with van der Waals surface area (Å²) in [5.41, 5.74) is 0. The van der Waals surface area contributed by atoms with Gasteiger partial charge in [-0.25, -0.2) is 0 Å². The molecule has 2 N–H and O–H groups in total. The predicted octanol–water partition coefficient (Wildman–Crippen LogP) is 0.0462. The van der Waals surface area contributed by atoms with E-state index < -0.39 is 0 Å². The number of aliphatic hydroxyl groups is 1. The minimum absolute atomic E-state index is 0.0217. The highest BCUT2D eigenvalue weighted by molar-refractivity contribution is 7.13. The normalized spacial score (nSPS) is 22.6. The molecule has 78 valence electrons. The summed E-state index contributed by atoms with van der Waals surface area (Å²) in [5, 5.41) is 20.4. The summed E-state index contributed by atoms with van der Waals surface area (Å²) in [5.74, 6) is 0.0528. The highest BCUT2D eigenvalue weighted by Crippen LogP contribution is 2.25. The zero-order valence-corrected chi connectivity index (χ0v) is 8.40. The van der Waals surface area contributed by atoms with E-state index in [-0.39, 0.29) is 18.6 Å². The van der Waals surface area contributed by atoms with Gasteiger partial charge in [-0.2, -0.15) is 4.98 Å². The molecule has 0 spiro atoms. The second-order valence-electron chi connectivity index (χ2n) is 3.11. The molecule has 0 bridgehead atoms. The van der Waals surface area contributed by atoms with Crippen molar-refractivity contribution in [2.75, 3.05) is 31.2 Å². The highest BCUT2D eigenvalue weighted by atomic mass is 32.1. The fraction of sp³-hybridized carbons (Fsp3) is 0.625. The number of aliphatic hydroxyl groups excluding tert-OH is 1. The van der Waals surface area contributed by atoms with E-state index in [0.717, 1.165) is 11.7 Å². The topological polar surface area (TPSA) is 65.8 Å². The first kappa shape index (κ1) is 9.70. The average molecular weight is 216 g/mol. The third kappa shape index (κ3) is 1.97. The first-order valence-electron chi connectivity index (χ1n) is 4.41. The van der Waals surface area contributed by atoms with Crippen LogP contribution in [0, 0.1) is 0 Å². The number of aromatic nitrogens is 1. The Labute approximate surface area is 85.6 Å². The van der Waals surface area contributed by atoms with Crippen molar-refractivity contribution in [1.29, 1.82) is 0 Å². The molecule has 1 aromatic heterocycles. The molecule has 2 rings (SSSR count). The number of morpholine rings is 1. The largest absolute Gasteiger partial charge is 0.493 e. The number of nitrogens with zero attached hydrogens (tertiary/aromatic N) is 2. The highest BCUT2D eigenvalue weighted by Gasteiger charge is 2.21. The van der Waals surface area contributed by atoms with Crippen LogP contribution in [0.5, 0.6) is 5.88 Å². The van der Waals surface area contributed by atoms with Crippen LogP contribution in [0.3, 0.4) is 0 Å². The molecule has 0 amide bonds. The van der Waals surface area contributed by atoms with E-state index in [0.29, 0.717) is 13.2 Å². The summed E-state index contributed by atoms with van der Waals surface area (Å²) >= 11 is 1.40. The minimum Gasteiger partial charge on any atom is -0.493 e. The maximum Gasteiger partial charge on any atom is 0.223 e. The summed E-state index contributed by atoms with van der Waals surface area (Å²) in [6.07, 6.45) is -0.144. The van der Waals surface area contributed by atoms with E-state index in [4.69, 9.17) is 14.9 Å². The van der Waals surface area contributed by atoms with Crippen molar-refractivity contribution >= 4 is 16.5 Å². The molecule has 1 aliphatic heterocycles. The van der Waals surface area contributed by atoms with Gasteiger partial charge >= 0.3 is 0 Å². The zero-order valence-electron chi connectivity index (χ0n) is 7.59. The van der Waals surface area contributed by atoms with Crippen molar-refractivity contribution in [3.8, 4) is 5.88 Å². The molecule has 1 unspecified atom stereocenters. The lowest BCUT2D eigenvalue weighted by Gasteiger charge is -2.31. The standard InChI is InChI=1S/C8H12N2O3S/c11-4-6-3-10(1-2-13-6)8-9-7(12)5-14-8/h5-6,11-12H,1-4H2. The molecule has 1 aliphatic rings. The fourth-order valence-electron chi connectivity index (χ4n) is 1.40. The van der Waals surface area contributed by atoms with Crippen molar-refractivity contribution in [3.63, 3.8) is 0 Å². The molecule has 1 fully saturated rings. The number of rotatable bonds is 2. The van der Waals surface area contributed by atoms with Gasteiger partial charge in [-0.05, 0) is 0 Å².